The van der Waals surface area contributed by atoms with Crippen molar-refractivity contribution in [1.82, 2.24) is 4.90 Å². The first-order chi connectivity index (χ1) is 9.56. The van der Waals surface area contributed by atoms with Crippen LogP contribution in [0.25, 0.3) is 0 Å². The number of carboxylic acids is 1. The van der Waals surface area contributed by atoms with Crippen LogP contribution < -0.4 is 0 Å². The van der Waals surface area contributed by atoms with Crippen LogP contribution >= 0.6 is 0 Å². The van der Waals surface area contributed by atoms with Crippen LogP contribution in [0, 0.1) is 0 Å². The minimum atomic E-state index is -0.805. The van der Waals surface area contributed by atoms with E-state index in [4.69, 9.17) is 5.11 Å². The Kier molecular flexibility index (Phi) is 5.15. The third-order valence-electron chi connectivity index (χ3n) is 4.07. The Labute approximate surface area is 120 Å². The zero-order valence-electron chi connectivity index (χ0n) is 12.0. The number of aliphatic hydroxyl groups is 1. The molecule has 1 saturated carbocycles. The molecule has 20 heavy (non-hydrogen) atoms. The van der Waals surface area contributed by atoms with Crippen molar-refractivity contribution >= 4 is 5.97 Å². The number of nitrogens with zero attached hydrogens (tertiary/aromatic N) is 1. The molecule has 2 atom stereocenters. The minimum absolute atomic E-state index is 0.0669. The predicted octanol–water partition coefficient (Wildman–Crippen LogP) is 2.05. The van der Waals surface area contributed by atoms with Crippen LogP contribution in [0.3, 0.4) is 0 Å². The van der Waals surface area contributed by atoms with E-state index in [0.717, 1.165) is 36.9 Å². The molecule has 1 aromatic carbocycles. The summed E-state index contributed by atoms with van der Waals surface area (Å²) in [5, 5.41) is 18.8. The van der Waals surface area contributed by atoms with Gasteiger partial charge in [-0.3, -0.25) is 9.69 Å². The van der Waals surface area contributed by atoms with E-state index in [-0.39, 0.29) is 18.6 Å². The normalized spacial score (nSPS) is 22.9. The lowest BCUT2D eigenvalue weighted by Crippen LogP contribution is -2.42. The largest absolute Gasteiger partial charge is 0.481 e. The Balaban J connectivity index is 1.93. The van der Waals surface area contributed by atoms with Gasteiger partial charge in [0.1, 0.15) is 0 Å². The quantitative estimate of drug-likeness (QED) is 0.864. The van der Waals surface area contributed by atoms with Crippen molar-refractivity contribution in [1.29, 1.82) is 0 Å². The maximum atomic E-state index is 10.6. The van der Waals surface area contributed by atoms with Crippen molar-refractivity contribution in [3.8, 4) is 0 Å². The van der Waals surface area contributed by atoms with Crippen molar-refractivity contribution < 1.29 is 15.0 Å². The maximum absolute atomic E-state index is 10.6. The summed E-state index contributed by atoms with van der Waals surface area (Å²) in [4.78, 5) is 12.8. The van der Waals surface area contributed by atoms with E-state index in [9.17, 15) is 9.90 Å². The fourth-order valence-corrected chi connectivity index (χ4v) is 2.95. The van der Waals surface area contributed by atoms with E-state index < -0.39 is 5.97 Å². The van der Waals surface area contributed by atoms with Crippen LogP contribution in [0.2, 0.25) is 0 Å². The number of hydrogen-bond acceptors (Lipinski definition) is 3. The van der Waals surface area contributed by atoms with Gasteiger partial charge in [-0.05, 0) is 31.0 Å². The van der Waals surface area contributed by atoms with Gasteiger partial charge in [-0.2, -0.15) is 0 Å². The molecule has 0 saturated heterocycles. The van der Waals surface area contributed by atoms with E-state index in [2.05, 4.69) is 4.90 Å². The molecule has 1 aliphatic carbocycles. The molecule has 0 aliphatic heterocycles. The summed E-state index contributed by atoms with van der Waals surface area (Å²) in [7, 11) is 2.05. The van der Waals surface area contributed by atoms with Gasteiger partial charge in [0.2, 0.25) is 0 Å². The van der Waals surface area contributed by atoms with E-state index >= 15 is 0 Å². The van der Waals surface area contributed by atoms with Gasteiger partial charge in [0.15, 0.2) is 0 Å². The van der Waals surface area contributed by atoms with Crippen molar-refractivity contribution in [3.63, 3.8) is 0 Å². The average Bonchev–Trinajstić information content (AvgIpc) is 2.41. The molecule has 0 heterocycles. The van der Waals surface area contributed by atoms with Crippen LogP contribution in [0.5, 0.6) is 0 Å². The number of carbonyl (C=O) groups is 1. The first-order valence-electron chi connectivity index (χ1n) is 7.24. The van der Waals surface area contributed by atoms with Gasteiger partial charge in [-0.25, -0.2) is 0 Å². The predicted molar refractivity (Wildman–Crippen MR) is 77.5 cm³/mol. The van der Waals surface area contributed by atoms with Crippen molar-refractivity contribution in [3.05, 3.63) is 35.4 Å². The van der Waals surface area contributed by atoms with Crippen LogP contribution in [0.4, 0.5) is 0 Å². The number of benzene rings is 1. The average molecular weight is 277 g/mol. The van der Waals surface area contributed by atoms with E-state index in [0.29, 0.717) is 0 Å². The van der Waals surface area contributed by atoms with E-state index in [1.165, 1.54) is 6.42 Å². The molecule has 2 N–H and O–H groups in total. The highest BCUT2D eigenvalue weighted by atomic mass is 16.4. The van der Waals surface area contributed by atoms with Crippen LogP contribution in [-0.4, -0.2) is 40.3 Å². The zero-order valence-corrected chi connectivity index (χ0v) is 12.0. The molecule has 4 nitrogen and oxygen atoms in total. The monoisotopic (exact) mass is 277 g/mol. The topological polar surface area (TPSA) is 60.8 Å². The molecule has 0 amide bonds. The van der Waals surface area contributed by atoms with Crippen molar-refractivity contribution in [2.24, 2.45) is 0 Å². The molecule has 4 heteroatoms. The summed E-state index contributed by atoms with van der Waals surface area (Å²) in [6.45, 7) is 0.787. The first-order valence-corrected chi connectivity index (χ1v) is 7.24. The molecule has 0 aromatic heterocycles. The number of aliphatic hydroxyl groups excluding tert-OH is 1. The summed E-state index contributed by atoms with van der Waals surface area (Å²) in [6.07, 6.45) is 4.10. The Bertz CT molecular complexity index is 444. The second-order valence-corrected chi connectivity index (χ2v) is 5.72. The van der Waals surface area contributed by atoms with Gasteiger partial charge < -0.3 is 10.2 Å². The number of carboxylic acid groups (broad SMARTS) is 1. The highest BCUT2D eigenvalue weighted by Crippen LogP contribution is 2.23. The van der Waals surface area contributed by atoms with Crippen molar-refractivity contribution in [2.75, 3.05) is 7.05 Å². The van der Waals surface area contributed by atoms with Crippen molar-refractivity contribution in [2.45, 2.75) is 50.8 Å². The molecule has 110 valence electrons. The molecular formula is C16H23NO3. The molecular weight excluding hydrogens is 254 g/mol. The number of aliphatic carboxylic acids is 1. The van der Waals surface area contributed by atoms with Crippen LogP contribution in [0.15, 0.2) is 24.3 Å². The summed E-state index contributed by atoms with van der Waals surface area (Å²) in [5.74, 6) is -0.805. The van der Waals surface area contributed by atoms with Gasteiger partial charge in [-0.1, -0.05) is 37.1 Å². The van der Waals surface area contributed by atoms with Crippen LogP contribution in [0.1, 0.15) is 36.8 Å². The Morgan fingerprint density at radius 1 is 1.20 bits per heavy atom. The number of hydrogen-bond donors (Lipinski definition) is 2. The van der Waals surface area contributed by atoms with E-state index in [1.807, 2.05) is 31.3 Å². The highest BCUT2D eigenvalue weighted by Gasteiger charge is 2.26. The first kappa shape index (κ1) is 15.0. The van der Waals surface area contributed by atoms with Gasteiger partial charge >= 0.3 is 5.97 Å². The van der Waals surface area contributed by atoms with Gasteiger partial charge in [-0.15, -0.1) is 0 Å². The van der Waals surface area contributed by atoms with E-state index in [1.54, 1.807) is 0 Å². The number of rotatable bonds is 5. The minimum Gasteiger partial charge on any atom is -0.481 e. The Morgan fingerprint density at radius 2 is 1.80 bits per heavy atom. The molecule has 0 bridgehead atoms. The van der Waals surface area contributed by atoms with Gasteiger partial charge in [0, 0.05) is 12.6 Å². The third kappa shape index (κ3) is 4.05. The lowest BCUT2D eigenvalue weighted by atomic mass is 9.91. The highest BCUT2D eigenvalue weighted by molar-refractivity contribution is 5.70. The fourth-order valence-electron chi connectivity index (χ4n) is 2.95. The number of likely N-dealkylation sites (N-methyl/N-ethyl adjacent to an activating group) is 1. The molecule has 2 rings (SSSR count). The van der Waals surface area contributed by atoms with Gasteiger partial charge in [0.25, 0.3) is 0 Å². The summed E-state index contributed by atoms with van der Waals surface area (Å²) < 4.78 is 0. The maximum Gasteiger partial charge on any atom is 0.307 e. The molecule has 2 unspecified atom stereocenters. The third-order valence-corrected chi connectivity index (χ3v) is 4.07. The second-order valence-electron chi connectivity index (χ2n) is 5.72. The lowest BCUT2D eigenvalue weighted by Gasteiger charge is -2.35. The SMILES string of the molecule is CN(Cc1ccc(CC(=O)O)cc1)C1CCCCC1O. The second kappa shape index (κ2) is 6.86. The smallest absolute Gasteiger partial charge is 0.307 e. The molecule has 1 aliphatic rings. The molecule has 1 fully saturated rings. The van der Waals surface area contributed by atoms with Crippen LogP contribution in [-0.2, 0) is 17.8 Å². The standard InChI is InChI=1S/C16H23NO3/c1-17(14-4-2-3-5-15(14)18)11-13-8-6-12(7-9-13)10-16(19)20/h6-9,14-15,18H,2-5,10-11H2,1H3,(H,19,20). The molecule has 0 spiro atoms. The summed E-state index contributed by atoms with van der Waals surface area (Å²) >= 11 is 0. The Hall–Kier alpha value is -1.39. The Morgan fingerprint density at radius 3 is 2.40 bits per heavy atom. The lowest BCUT2D eigenvalue weighted by molar-refractivity contribution is -0.136. The zero-order chi connectivity index (χ0) is 14.5. The molecule has 0 radical (unpaired) electrons. The van der Waals surface area contributed by atoms with Gasteiger partial charge in [0.05, 0.1) is 12.5 Å². The molecule has 1 aromatic rings. The summed E-state index contributed by atoms with van der Waals surface area (Å²) in [6, 6.07) is 7.93. The summed E-state index contributed by atoms with van der Waals surface area (Å²) in [5.41, 5.74) is 1.97. The fraction of sp³-hybridized carbons (Fsp3) is 0.562.